The molecule has 0 bridgehead atoms. The second-order valence-corrected chi connectivity index (χ2v) is 17.1. The van der Waals surface area contributed by atoms with Crippen LogP contribution in [0.4, 0.5) is 0 Å². The molecule has 4 atom stereocenters. The fourth-order valence-corrected chi connectivity index (χ4v) is 9.82. The zero-order chi connectivity index (χ0) is 43.2. The van der Waals surface area contributed by atoms with E-state index in [4.69, 9.17) is 19.4 Å². The summed E-state index contributed by atoms with van der Waals surface area (Å²) in [5.41, 5.74) is 7.70. The summed E-state index contributed by atoms with van der Waals surface area (Å²) in [6, 6.07) is 35.7. The van der Waals surface area contributed by atoms with Crippen LogP contribution in [0.1, 0.15) is 83.8 Å². The number of imidazole rings is 2. The molecule has 6 aromatic rings. The van der Waals surface area contributed by atoms with Crippen molar-refractivity contribution < 1.29 is 19.1 Å². The summed E-state index contributed by atoms with van der Waals surface area (Å²) in [6.07, 6.45) is 7.35. The maximum Gasteiger partial charge on any atom is 0.245 e. The Kier molecular flexibility index (Phi) is 12.5. The summed E-state index contributed by atoms with van der Waals surface area (Å²) < 4.78 is 11.3. The van der Waals surface area contributed by atoms with Crippen LogP contribution in [0.3, 0.4) is 0 Å². The van der Waals surface area contributed by atoms with Gasteiger partial charge in [-0.2, -0.15) is 0 Å². The van der Waals surface area contributed by atoms with Gasteiger partial charge in [0.1, 0.15) is 23.7 Å². The van der Waals surface area contributed by atoms with Gasteiger partial charge in [0, 0.05) is 50.4 Å². The number of aromatic amines is 2. The van der Waals surface area contributed by atoms with E-state index in [2.05, 4.69) is 80.1 Å². The fraction of sp³-hybridized carbons (Fsp3) is 0.346. The van der Waals surface area contributed by atoms with Crippen molar-refractivity contribution in [1.29, 1.82) is 0 Å². The minimum atomic E-state index is -0.343. The van der Waals surface area contributed by atoms with Gasteiger partial charge in [0.05, 0.1) is 62.3 Å². The lowest BCUT2D eigenvalue weighted by Crippen LogP contribution is -2.47. The van der Waals surface area contributed by atoms with Crippen LogP contribution in [0.2, 0.25) is 0 Å². The highest BCUT2D eigenvalue weighted by Crippen LogP contribution is 2.37. The molecule has 0 unspecified atom stereocenters. The van der Waals surface area contributed by atoms with E-state index < -0.39 is 0 Å². The highest BCUT2D eigenvalue weighted by atomic mass is 16.5. The minimum absolute atomic E-state index is 0.104. The second kappa shape index (κ2) is 19.2. The summed E-state index contributed by atoms with van der Waals surface area (Å²) >= 11 is 0. The number of hydrogen-bond acceptors (Lipinski definition) is 8. The first-order valence-corrected chi connectivity index (χ1v) is 22.7. The molecule has 0 aliphatic carbocycles. The number of H-pyrrole nitrogens is 2. The first-order chi connectivity index (χ1) is 31.6. The number of amides is 2. The Hall–Kier alpha value is -6.36. The lowest BCUT2D eigenvalue weighted by atomic mass is 10.0. The van der Waals surface area contributed by atoms with Crippen LogP contribution in [0.5, 0.6) is 0 Å². The van der Waals surface area contributed by atoms with E-state index in [1.807, 2.05) is 82.9 Å². The van der Waals surface area contributed by atoms with Crippen LogP contribution in [0.15, 0.2) is 122 Å². The maximum atomic E-state index is 14.3. The molecule has 326 valence electrons. The predicted molar refractivity (Wildman–Crippen MR) is 245 cm³/mol. The molecule has 64 heavy (non-hydrogen) atoms. The van der Waals surface area contributed by atoms with E-state index in [1.54, 1.807) is 0 Å². The highest BCUT2D eigenvalue weighted by molar-refractivity contribution is 5.85. The first-order valence-electron chi connectivity index (χ1n) is 22.7. The van der Waals surface area contributed by atoms with Crippen LogP contribution in [0.25, 0.3) is 22.5 Å². The topological polar surface area (TPSA) is 123 Å². The van der Waals surface area contributed by atoms with Gasteiger partial charge in [0.25, 0.3) is 0 Å². The largest absolute Gasteiger partial charge is 0.379 e. The molecule has 2 amide bonds. The number of morpholine rings is 2. The van der Waals surface area contributed by atoms with Gasteiger partial charge >= 0.3 is 0 Å². The van der Waals surface area contributed by atoms with Gasteiger partial charge in [0.2, 0.25) is 11.8 Å². The number of hydrogen-bond donors (Lipinski definition) is 2. The third kappa shape index (κ3) is 8.90. The molecular formula is C52H54N8O4. The number of nitrogens with one attached hydrogen (secondary N) is 2. The van der Waals surface area contributed by atoms with Gasteiger partial charge in [-0.25, -0.2) is 9.97 Å². The normalized spacial score (nSPS) is 20.4. The van der Waals surface area contributed by atoms with E-state index in [9.17, 15) is 9.59 Å². The van der Waals surface area contributed by atoms with Gasteiger partial charge in [-0.15, -0.1) is 0 Å². The molecule has 4 aliphatic rings. The van der Waals surface area contributed by atoms with Gasteiger partial charge in [-0.3, -0.25) is 19.4 Å². The maximum absolute atomic E-state index is 14.3. The molecule has 0 radical (unpaired) electrons. The predicted octanol–water partition coefficient (Wildman–Crippen LogP) is 7.34. The number of aromatic nitrogens is 4. The Balaban J connectivity index is 0.780. The summed E-state index contributed by atoms with van der Waals surface area (Å²) in [7, 11) is 0. The molecule has 10 rings (SSSR count). The van der Waals surface area contributed by atoms with Crippen molar-refractivity contribution in [3.8, 4) is 34.4 Å². The molecule has 4 aliphatic heterocycles. The smallest absolute Gasteiger partial charge is 0.245 e. The van der Waals surface area contributed by atoms with Crippen molar-refractivity contribution >= 4 is 11.8 Å². The third-order valence-corrected chi connectivity index (χ3v) is 13.2. The summed E-state index contributed by atoms with van der Waals surface area (Å²) in [5.74, 6) is 8.53. The van der Waals surface area contributed by atoms with Gasteiger partial charge in [-0.05, 0) is 72.2 Å². The Morgan fingerprint density at radius 2 is 0.922 bits per heavy atom. The monoisotopic (exact) mass is 854 g/mol. The fourth-order valence-electron chi connectivity index (χ4n) is 9.82. The average molecular weight is 855 g/mol. The van der Waals surface area contributed by atoms with Gasteiger partial charge in [0.15, 0.2) is 0 Å². The van der Waals surface area contributed by atoms with E-state index >= 15 is 0 Å². The second-order valence-electron chi connectivity index (χ2n) is 17.1. The number of rotatable bonds is 10. The van der Waals surface area contributed by atoms with Gasteiger partial charge < -0.3 is 29.2 Å². The van der Waals surface area contributed by atoms with E-state index in [-0.39, 0.29) is 36.0 Å². The molecule has 4 aromatic carbocycles. The van der Waals surface area contributed by atoms with E-state index in [0.717, 1.165) is 108 Å². The number of likely N-dealkylation sites (tertiary alicyclic amines) is 2. The zero-order valence-electron chi connectivity index (χ0n) is 36.1. The number of ether oxygens (including phenoxy) is 2. The lowest BCUT2D eigenvalue weighted by Gasteiger charge is -2.37. The Labute approximate surface area is 374 Å². The highest BCUT2D eigenvalue weighted by Gasteiger charge is 2.40. The summed E-state index contributed by atoms with van der Waals surface area (Å²) in [6.45, 7) is 6.86. The minimum Gasteiger partial charge on any atom is -0.379 e. The average Bonchev–Trinajstić information content (AvgIpc) is 4.21. The number of carbonyl (C=O) groups excluding carboxylic acids is 2. The molecule has 12 nitrogen and oxygen atoms in total. The lowest BCUT2D eigenvalue weighted by molar-refractivity contribution is -0.141. The van der Waals surface area contributed by atoms with Crippen LogP contribution in [-0.4, -0.2) is 117 Å². The Morgan fingerprint density at radius 1 is 0.531 bits per heavy atom. The quantitative estimate of drug-likeness (QED) is 0.137. The zero-order valence-corrected chi connectivity index (χ0v) is 36.1. The van der Waals surface area contributed by atoms with Crippen molar-refractivity contribution in [1.82, 2.24) is 39.5 Å². The molecule has 0 saturated carbocycles. The molecule has 12 heteroatoms. The Morgan fingerprint density at radius 3 is 1.31 bits per heavy atom. The van der Waals surface area contributed by atoms with Crippen LogP contribution in [-0.2, 0) is 19.1 Å². The van der Waals surface area contributed by atoms with Crippen molar-refractivity contribution in [3.05, 3.63) is 155 Å². The molecule has 2 aromatic heterocycles. The standard InChI is InChI=1S/C52H54N8O4/c61-51(47(41-9-3-1-4-10-41)57-27-31-63-32-28-57)59-25-7-13-45(59)49-53-35-43(55-49)39-21-17-37(18-22-39)15-16-38-19-23-40(24-20-38)44-36-54-50(56-44)46-14-8-26-60(46)52(62)48(42-11-5-2-6-12-42)58-29-33-64-34-30-58/h1-6,9-12,17-24,35-36,45-48H,7-8,13-14,25-34H2,(H,53,55)(H,54,56)/t45-,46-,47+,48+/m0/s1. The first kappa shape index (κ1) is 41.6. The number of carbonyl (C=O) groups is 2. The van der Waals surface area contributed by atoms with Crippen molar-refractivity contribution in [3.63, 3.8) is 0 Å². The molecule has 2 N–H and O–H groups in total. The van der Waals surface area contributed by atoms with Crippen LogP contribution >= 0.6 is 0 Å². The molecular weight excluding hydrogens is 801 g/mol. The van der Waals surface area contributed by atoms with Crippen LogP contribution < -0.4 is 0 Å². The van der Waals surface area contributed by atoms with Crippen molar-refractivity contribution in [2.75, 3.05) is 65.7 Å². The number of nitrogens with zero attached hydrogens (tertiary/aromatic N) is 6. The molecule has 4 fully saturated rings. The third-order valence-electron chi connectivity index (χ3n) is 13.2. The SMILES string of the molecule is O=C([C@@H](c1ccccc1)N1CCOCC1)N1CCC[C@H]1c1ncc(-c2ccc(C#Cc3ccc(-c4cnc([C@@H]5CCCN5C(=O)[C@@H](c5ccccc5)N5CCOCC5)[nH]4)cc3)cc2)[nH]1. The van der Waals surface area contributed by atoms with Crippen molar-refractivity contribution in [2.45, 2.75) is 49.9 Å². The summed E-state index contributed by atoms with van der Waals surface area (Å²) in [5, 5.41) is 0. The summed E-state index contributed by atoms with van der Waals surface area (Å²) in [4.78, 5) is 53.9. The molecule has 0 spiro atoms. The molecule has 6 heterocycles. The Bertz CT molecular complexity index is 2390. The number of benzene rings is 4. The molecule has 4 saturated heterocycles. The van der Waals surface area contributed by atoms with Crippen molar-refractivity contribution in [2.24, 2.45) is 0 Å². The van der Waals surface area contributed by atoms with Crippen LogP contribution in [0, 0.1) is 11.8 Å². The van der Waals surface area contributed by atoms with E-state index in [1.165, 1.54) is 0 Å². The van der Waals surface area contributed by atoms with E-state index in [0.29, 0.717) is 39.5 Å². The van der Waals surface area contributed by atoms with Gasteiger partial charge in [-0.1, -0.05) is 96.8 Å².